The van der Waals surface area contributed by atoms with Crippen LogP contribution in [0.25, 0.3) is 0 Å². The van der Waals surface area contributed by atoms with Gasteiger partial charge in [-0.1, -0.05) is 60.7 Å². The fourth-order valence-electron chi connectivity index (χ4n) is 4.38. The smallest absolute Gasteiger partial charge is 0.335 e. The van der Waals surface area contributed by atoms with Gasteiger partial charge in [0.15, 0.2) is 0 Å². The summed E-state index contributed by atoms with van der Waals surface area (Å²) in [5, 5.41) is 40.2. The largest absolute Gasteiger partial charge is 0.507 e. The summed E-state index contributed by atoms with van der Waals surface area (Å²) in [4.78, 5) is 32.8. The number of aromatic hydroxyl groups is 2. The van der Waals surface area contributed by atoms with Gasteiger partial charge in [-0.05, 0) is 60.4 Å². The molecule has 0 aliphatic rings. The molecule has 0 spiro atoms. The minimum Gasteiger partial charge on any atom is -0.507 e. The van der Waals surface area contributed by atoms with E-state index < -0.39 is 24.0 Å². The van der Waals surface area contributed by atoms with Crippen LogP contribution in [0.5, 0.6) is 11.5 Å². The summed E-state index contributed by atoms with van der Waals surface area (Å²) in [5.74, 6) is -2.40. The fourth-order valence-corrected chi connectivity index (χ4v) is 4.38. The number of aromatic carboxylic acids is 2. The van der Waals surface area contributed by atoms with E-state index >= 15 is 0 Å². The number of aliphatic imine (C=N–C) groups is 2. The van der Waals surface area contributed by atoms with Gasteiger partial charge in [0.1, 0.15) is 23.6 Å². The zero-order valence-corrected chi connectivity index (χ0v) is 21.9. The standard InChI is InChI=1S/C32H28N2O6/c1-19-13-23(31(37)38)15-25(29(19)35)17-33-27(21-9-5-3-6-10-21)28(22-11-7-4-8-12-22)34-18-26-16-24(32(39)40)14-20(2)30(26)36/h3-18,27-28,35-36H,1-2H3,(H,37,38)(H,39,40). The predicted octanol–water partition coefficient (Wildman–Crippen LogP) is 6.13. The van der Waals surface area contributed by atoms with Crippen molar-refractivity contribution in [1.29, 1.82) is 0 Å². The van der Waals surface area contributed by atoms with Crippen molar-refractivity contribution in [3.8, 4) is 11.5 Å². The van der Waals surface area contributed by atoms with E-state index in [0.717, 1.165) is 11.1 Å². The number of carboxylic acid groups (broad SMARTS) is 2. The number of rotatable bonds is 9. The number of phenols is 2. The van der Waals surface area contributed by atoms with E-state index in [4.69, 9.17) is 9.98 Å². The number of carbonyl (C=O) groups is 2. The molecule has 4 aromatic rings. The Morgan fingerprint density at radius 1 is 0.625 bits per heavy atom. The lowest BCUT2D eigenvalue weighted by atomic mass is 9.94. The van der Waals surface area contributed by atoms with Crippen LogP contribution < -0.4 is 0 Å². The lowest BCUT2D eigenvalue weighted by Gasteiger charge is -2.22. The summed E-state index contributed by atoms with van der Waals surface area (Å²) < 4.78 is 0. The van der Waals surface area contributed by atoms with Crippen LogP contribution in [-0.2, 0) is 0 Å². The Morgan fingerprint density at radius 2 is 0.975 bits per heavy atom. The molecule has 8 nitrogen and oxygen atoms in total. The molecule has 40 heavy (non-hydrogen) atoms. The van der Waals surface area contributed by atoms with Crippen LogP contribution in [0.1, 0.15) is 66.2 Å². The summed E-state index contributed by atoms with van der Waals surface area (Å²) in [6.45, 7) is 3.23. The Labute approximate surface area is 231 Å². The third-order valence-corrected chi connectivity index (χ3v) is 6.48. The average molecular weight is 537 g/mol. The first-order chi connectivity index (χ1) is 19.2. The second-order valence-electron chi connectivity index (χ2n) is 9.34. The van der Waals surface area contributed by atoms with Gasteiger partial charge < -0.3 is 20.4 Å². The Balaban J connectivity index is 1.86. The fraction of sp³-hybridized carbons (Fsp3) is 0.125. The number of benzene rings is 4. The Bertz CT molecular complexity index is 1480. The molecule has 0 amide bonds. The van der Waals surface area contributed by atoms with Crippen LogP contribution >= 0.6 is 0 Å². The van der Waals surface area contributed by atoms with E-state index in [1.54, 1.807) is 13.8 Å². The third-order valence-electron chi connectivity index (χ3n) is 6.48. The lowest BCUT2D eigenvalue weighted by Crippen LogP contribution is -2.10. The summed E-state index contributed by atoms with van der Waals surface area (Å²) in [6.07, 6.45) is 2.87. The maximum atomic E-state index is 11.6. The first-order valence-corrected chi connectivity index (χ1v) is 12.5. The van der Waals surface area contributed by atoms with Gasteiger partial charge in [0.05, 0.1) is 11.1 Å². The Hall–Kier alpha value is -5.24. The highest BCUT2D eigenvalue weighted by molar-refractivity contribution is 5.94. The monoisotopic (exact) mass is 536 g/mol. The molecule has 2 unspecified atom stereocenters. The Kier molecular flexibility index (Phi) is 8.39. The van der Waals surface area contributed by atoms with Crippen LogP contribution in [0.3, 0.4) is 0 Å². The van der Waals surface area contributed by atoms with Crippen LogP contribution in [0.15, 0.2) is 94.9 Å². The minimum absolute atomic E-state index is 0.0230. The van der Waals surface area contributed by atoms with E-state index in [2.05, 4.69) is 0 Å². The highest BCUT2D eigenvalue weighted by atomic mass is 16.4. The zero-order valence-electron chi connectivity index (χ0n) is 21.9. The molecule has 0 fully saturated rings. The summed E-state index contributed by atoms with van der Waals surface area (Å²) in [5.41, 5.74) is 2.95. The average Bonchev–Trinajstić information content (AvgIpc) is 2.95. The highest BCUT2D eigenvalue weighted by Gasteiger charge is 2.24. The van der Waals surface area contributed by atoms with E-state index in [0.29, 0.717) is 11.1 Å². The molecule has 4 rings (SSSR count). The number of carboxylic acids is 2. The summed E-state index contributed by atoms with van der Waals surface area (Å²) in [7, 11) is 0. The van der Waals surface area contributed by atoms with Gasteiger partial charge in [0, 0.05) is 23.6 Å². The van der Waals surface area contributed by atoms with Crippen molar-refractivity contribution < 1.29 is 30.0 Å². The maximum absolute atomic E-state index is 11.6. The predicted molar refractivity (Wildman–Crippen MR) is 153 cm³/mol. The van der Waals surface area contributed by atoms with E-state index in [-0.39, 0.29) is 33.8 Å². The molecular weight excluding hydrogens is 508 g/mol. The molecule has 0 saturated heterocycles. The third kappa shape index (κ3) is 6.24. The molecule has 0 saturated carbocycles. The van der Waals surface area contributed by atoms with Gasteiger partial charge in [0.2, 0.25) is 0 Å². The molecule has 0 aliphatic carbocycles. The molecular formula is C32H28N2O6. The summed E-state index contributed by atoms with van der Waals surface area (Å²) in [6, 6.07) is 23.0. The van der Waals surface area contributed by atoms with Crippen LogP contribution in [0.2, 0.25) is 0 Å². The van der Waals surface area contributed by atoms with Crippen LogP contribution in [0.4, 0.5) is 0 Å². The highest BCUT2D eigenvalue weighted by Crippen LogP contribution is 2.36. The number of hydrogen-bond acceptors (Lipinski definition) is 6. The van der Waals surface area contributed by atoms with Crippen molar-refractivity contribution in [3.05, 3.63) is 129 Å². The zero-order chi connectivity index (χ0) is 28.8. The minimum atomic E-state index is -1.12. The quantitative estimate of drug-likeness (QED) is 0.190. The van der Waals surface area contributed by atoms with Crippen molar-refractivity contribution in [3.63, 3.8) is 0 Å². The molecule has 0 aromatic heterocycles. The normalized spacial score (nSPS) is 12.9. The van der Waals surface area contributed by atoms with Crippen molar-refractivity contribution in [2.24, 2.45) is 9.98 Å². The molecule has 8 heteroatoms. The molecule has 0 aliphatic heterocycles. The second-order valence-corrected chi connectivity index (χ2v) is 9.34. The van der Waals surface area contributed by atoms with E-state index in [1.165, 1.54) is 36.7 Å². The van der Waals surface area contributed by atoms with Gasteiger partial charge in [0.25, 0.3) is 0 Å². The molecule has 0 heterocycles. The van der Waals surface area contributed by atoms with E-state index in [1.807, 2.05) is 60.7 Å². The van der Waals surface area contributed by atoms with Crippen molar-refractivity contribution in [2.75, 3.05) is 0 Å². The Morgan fingerprint density at radius 3 is 1.30 bits per heavy atom. The van der Waals surface area contributed by atoms with Gasteiger partial charge in [-0.3, -0.25) is 9.98 Å². The molecule has 0 radical (unpaired) electrons. The van der Waals surface area contributed by atoms with Crippen molar-refractivity contribution in [1.82, 2.24) is 0 Å². The second kappa shape index (κ2) is 12.1. The molecule has 4 N–H and O–H groups in total. The van der Waals surface area contributed by atoms with Crippen molar-refractivity contribution in [2.45, 2.75) is 25.9 Å². The van der Waals surface area contributed by atoms with Gasteiger partial charge >= 0.3 is 11.9 Å². The molecule has 0 bridgehead atoms. The number of nitrogens with zero attached hydrogens (tertiary/aromatic N) is 2. The van der Waals surface area contributed by atoms with Gasteiger partial charge in [-0.15, -0.1) is 0 Å². The summed E-state index contributed by atoms with van der Waals surface area (Å²) >= 11 is 0. The van der Waals surface area contributed by atoms with Crippen LogP contribution in [-0.4, -0.2) is 44.8 Å². The lowest BCUT2D eigenvalue weighted by molar-refractivity contribution is 0.0686. The number of aryl methyl sites for hydroxylation is 2. The van der Waals surface area contributed by atoms with E-state index in [9.17, 15) is 30.0 Å². The number of phenolic OH excluding ortho intramolecular Hbond substituents is 2. The first kappa shape index (κ1) is 27.8. The number of hydrogen-bond donors (Lipinski definition) is 4. The van der Waals surface area contributed by atoms with Gasteiger partial charge in [-0.2, -0.15) is 0 Å². The first-order valence-electron chi connectivity index (χ1n) is 12.5. The molecule has 2 atom stereocenters. The topological polar surface area (TPSA) is 140 Å². The van der Waals surface area contributed by atoms with Crippen LogP contribution in [0, 0.1) is 13.8 Å². The molecule has 4 aromatic carbocycles. The maximum Gasteiger partial charge on any atom is 0.335 e. The molecule has 202 valence electrons. The SMILES string of the molecule is Cc1cc(C(=O)O)cc(C=NC(c2ccccc2)C(N=Cc2cc(C(=O)O)cc(C)c2O)c2ccccc2)c1O. The van der Waals surface area contributed by atoms with Gasteiger partial charge in [-0.25, -0.2) is 9.59 Å². The van der Waals surface area contributed by atoms with Crippen molar-refractivity contribution >= 4 is 24.4 Å².